The average Bonchev–Trinajstić information content (AvgIpc) is 2.59. The van der Waals surface area contributed by atoms with Crippen LogP contribution in [0.3, 0.4) is 0 Å². The Hall–Kier alpha value is -1.01. The summed E-state index contributed by atoms with van der Waals surface area (Å²) < 4.78 is 46.8. The zero-order valence-electron chi connectivity index (χ0n) is 9.04. The number of ether oxygens (including phenoxy) is 1. The zero-order chi connectivity index (χ0) is 12.3. The standard InChI is InChI=1S/C10H14F3NO2/c1-6-3-4-8(15-6)9(5-14)16-7(2)10(11,12)13/h3-4,7,9H,5,14H2,1-2H3. The van der Waals surface area contributed by atoms with Crippen molar-refractivity contribution in [2.24, 2.45) is 5.73 Å². The average molecular weight is 237 g/mol. The van der Waals surface area contributed by atoms with Gasteiger partial charge >= 0.3 is 6.18 Å². The monoisotopic (exact) mass is 237 g/mol. The van der Waals surface area contributed by atoms with Gasteiger partial charge in [0.05, 0.1) is 0 Å². The van der Waals surface area contributed by atoms with E-state index < -0.39 is 18.4 Å². The molecule has 0 saturated carbocycles. The maximum absolute atomic E-state index is 12.3. The smallest absolute Gasteiger partial charge is 0.414 e. The Bertz CT molecular complexity index is 335. The van der Waals surface area contributed by atoms with Crippen molar-refractivity contribution in [2.75, 3.05) is 6.54 Å². The van der Waals surface area contributed by atoms with Crippen LogP contribution >= 0.6 is 0 Å². The minimum Gasteiger partial charge on any atom is -0.464 e. The molecule has 0 fully saturated rings. The van der Waals surface area contributed by atoms with Crippen LogP contribution in [-0.4, -0.2) is 18.8 Å². The SMILES string of the molecule is Cc1ccc(C(CN)OC(C)C(F)(F)F)o1. The third-order valence-corrected chi connectivity index (χ3v) is 2.12. The Balaban J connectivity index is 2.70. The number of hydrogen-bond donors (Lipinski definition) is 1. The fraction of sp³-hybridized carbons (Fsp3) is 0.600. The first kappa shape index (κ1) is 13.1. The van der Waals surface area contributed by atoms with Crippen LogP contribution in [0.4, 0.5) is 13.2 Å². The molecule has 1 aromatic heterocycles. The molecular weight excluding hydrogens is 223 g/mol. The Kier molecular flexibility index (Phi) is 3.98. The van der Waals surface area contributed by atoms with Crippen LogP contribution in [0.2, 0.25) is 0 Å². The van der Waals surface area contributed by atoms with E-state index >= 15 is 0 Å². The first-order valence-corrected chi connectivity index (χ1v) is 4.83. The lowest BCUT2D eigenvalue weighted by Crippen LogP contribution is -2.32. The minimum absolute atomic E-state index is 0.0621. The van der Waals surface area contributed by atoms with E-state index in [2.05, 4.69) is 0 Å². The van der Waals surface area contributed by atoms with Crippen LogP contribution < -0.4 is 5.73 Å². The normalized spacial score (nSPS) is 16.1. The van der Waals surface area contributed by atoms with Crippen LogP contribution in [0.1, 0.15) is 24.5 Å². The predicted octanol–water partition coefficient (Wildman–Crippen LogP) is 2.56. The lowest BCUT2D eigenvalue weighted by molar-refractivity contribution is -0.228. The molecule has 0 aliphatic rings. The second-order valence-corrected chi connectivity index (χ2v) is 3.49. The number of furan rings is 1. The summed E-state index contributed by atoms with van der Waals surface area (Å²) in [4.78, 5) is 0. The third kappa shape index (κ3) is 3.24. The van der Waals surface area contributed by atoms with Crippen molar-refractivity contribution in [1.29, 1.82) is 0 Å². The Morgan fingerprint density at radius 2 is 2.06 bits per heavy atom. The molecule has 0 amide bonds. The summed E-state index contributed by atoms with van der Waals surface area (Å²) in [6.07, 6.45) is -7.13. The summed E-state index contributed by atoms with van der Waals surface area (Å²) in [5.41, 5.74) is 5.35. The Morgan fingerprint density at radius 1 is 1.44 bits per heavy atom. The lowest BCUT2D eigenvalue weighted by atomic mass is 10.2. The number of halogens is 3. The van der Waals surface area contributed by atoms with Gasteiger partial charge in [-0.25, -0.2) is 0 Å². The van der Waals surface area contributed by atoms with Crippen molar-refractivity contribution >= 4 is 0 Å². The first-order chi connectivity index (χ1) is 7.34. The van der Waals surface area contributed by atoms with E-state index in [9.17, 15) is 13.2 Å². The van der Waals surface area contributed by atoms with Crippen LogP contribution in [0.25, 0.3) is 0 Å². The Labute approximate surface area is 91.4 Å². The first-order valence-electron chi connectivity index (χ1n) is 4.83. The van der Waals surface area contributed by atoms with Gasteiger partial charge in [-0.15, -0.1) is 0 Å². The number of aryl methyl sites for hydroxylation is 1. The lowest BCUT2D eigenvalue weighted by Gasteiger charge is -2.21. The highest BCUT2D eigenvalue weighted by Crippen LogP contribution is 2.28. The number of nitrogens with two attached hydrogens (primary N) is 1. The molecule has 16 heavy (non-hydrogen) atoms. The molecule has 2 unspecified atom stereocenters. The van der Waals surface area contributed by atoms with E-state index in [0.717, 1.165) is 6.92 Å². The van der Waals surface area contributed by atoms with Crippen LogP contribution in [-0.2, 0) is 4.74 Å². The maximum Gasteiger partial charge on any atom is 0.414 e. The van der Waals surface area contributed by atoms with Crippen LogP contribution in [0.5, 0.6) is 0 Å². The number of rotatable bonds is 4. The summed E-state index contributed by atoms with van der Waals surface area (Å²) in [7, 11) is 0. The largest absolute Gasteiger partial charge is 0.464 e. The molecule has 92 valence electrons. The highest BCUT2D eigenvalue weighted by molar-refractivity contribution is 5.08. The van der Waals surface area contributed by atoms with Crippen LogP contribution in [0, 0.1) is 6.92 Å². The van der Waals surface area contributed by atoms with Crippen molar-refractivity contribution in [1.82, 2.24) is 0 Å². The fourth-order valence-electron chi connectivity index (χ4n) is 1.19. The van der Waals surface area contributed by atoms with Gasteiger partial charge in [0.1, 0.15) is 17.6 Å². The van der Waals surface area contributed by atoms with Gasteiger partial charge in [0.15, 0.2) is 6.10 Å². The van der Waals surface area contributed by atoms with Gasteiger partial charge in [0, 0.05) is 6.54 Å². The highest BCUT2D eigenvalue weighted by Gasteiger charge is 2.38. The molecule has 1 heterocycles. The van der Waals surface area contributed by atoms with Gasteiger partial charge < -0.3 is 14.9 Å². The van der Waals surface area contributed by atoms with Gasteiger partial charge in [0.25, 0.3) is 0 Å². The van der Waals surface area contributed by atoms with E-state index in [0.29, 0.717) is 11.5 Å². The summed E-state index contributed by atoms with van der Waals surface area (Å²) in [5.74, 6) is 0.924. The van der Waals surface area contributed by atoms with Crippen LogP contribution in [0.15, 0.2) is 16.5 Å². The van der Waals surface area contributed by atoms with Gasteiger partial charge in [-0.3, -0.25) is 0 Å². The zero-order valence-corrected chi connectivity index (χ0v) is 9.04. The summed E-state index contributed by atoms with van der Waals surface area (Å²) in [6.45, 7) is 2.58. The highest BCUT2D eigenvalue weighted by atomic mass is 19.4. The van der Waals surface area contributed by atoms with E-state index in [1.54, 1.807) is 19.1 Å². The molecule has 0 spiro atoms. The topological polar surface area (TPSA) is 48.4 Å². The molecule has 2 N–H and O–H groups in total. The second-order valence-electron chi connectivity index (χ2n) is 3.49. The van der Waals surface area contributed by atoms with E-state index in [1.807, 2.05) is 0 Å². The van der Waals surface area contributed by atoms with Gasteiger partial charge in [-0.2, -0.15) is 13.2 Å². The molecule has 1 aromatic rings. The Morgan fingerprint density at radius 3 is 2.44 bits per heavy atom. The molecule has 1 rings (SSSR count). The molecular formula is C10H14F3NO2. The van der Waals surface area contributed by atoms with E-state index in [1.165, 1.54) is 0 Å². The molecule has 0 aromatic carbocycles. The molecule has 6 heteroatoms. The molecule has 0 aliphatic carbocycles. The summed E-state index contributed by atoms with van der Waals surface area (Å²) in [5, 5.41) is 0. The number of hydrogen-bond acceptors (Lipinski definition) is 3. The third-order valence-electron chi connectivity index (χ3n) is 2.12. The molecule has 0 saturated heterocycles. The molecule has 0 bridgehead atoms. The van der Waals surface area contributed by atoms with E-state index in [-0.39, 0.29) is 6.54 Å². The predicted molar refractivity (Wildman–Crippen MR) is 51.8 cm³/mol. The van der Waals surface area contributed by atoms with Crippen molar-refractivity contribution in [3.63, 3.8) is 0 Å². The number of alkyl halides is 3. The van der Waals surface area contributed by atoms with Crippen molar-refractivity contribution in [3.8, 4) is 0 Å². The van der Waals surface area contributed by atoms with Gasteiger partial charge in [-0.05, 0) is 26.0 Å². The molecule has 0 aliphatic heterocycles. The molecule has 2 atom stereocenters. The summed E-state index contributed by atoms with van der Waals surface area (Å²) in [6, 6.07) is 3.22. The molecule has 0 radical (unpaired) electrons. The fourth-order valence-corrected chi connectivity index (χ4v) is 1.19. The van der Waals surface area contributed by atoms with Gasteiger partial charge in [-0.1, -0.05) is 0 Å². The van der Waals surface area contributed by atoms with Gasteiger partial charge in [0.2, 0.25) is 0 Å². The van der Waals surface area contributed by atoms with Crippen molar-refractivity contribution < 1.29 is 22.3 Å². The summed E-state index contributed by atoms with van der Waals surface area (Å²) >= 11 is 0. The minimum atomic E-state index is -4.39. The maximum atomic E-state index is 12.3. The second kappa shape index (κ2) is 4.88. The van der Waals surface area contributed by atoms with Crippen molar-refractivity contribution in [3.05, 3.63) is 23.7 Å². The molecule has 3 nitrogen and oxygen atoms in total. The van der Waals surface area contributed by atoms with Crippen molar-refractivity contribution in [2.45, 2.75) is 32.2 Å². The van der Waals surface area contributed by atoms with E-state index in [4.69, 9.17) is 14.9 Å². The quantitative estimate of drug-likeness (QED) is 0.875.